The number of hydrogen-bond donors (Lipinski definition) is 1. The number of rotatable bonds is 8. The molecular formula is C28H35ClN2O5. The van der Waals surface area contributed by atoms with E-state index in [-0.39, 0.29) is 31.9 Å². The van der Waals surface area contributed by atoms with Gasteiger partial charge in [0.25, 0.3) is 0 Å². The van der Waals surface area contributed by atoms with Gasteiger partial charge in [-0.1, -0.05) is 13.5 Å². The molecule has 1 fully saturated rings. The summed E-state index contributed by atoms with van der Waals surface area (Å²) in [7, 11) is 0. The largest absolute Gasteiger partial charge is 0.490 e. The second kappa shape index (κ2) is 13.2. The number of ether oxygens (including phenoxy) is 3. The Morgan fingerprint density at radius 2 is 2.08 bits per heavy atom. The average molecular weight is 515 g/mol. The zero-order chi connectivity index (χ0) is 24.1. The van der Waals surface area contributed by atoms with Crippen LogP contribution in [0.3, 0.4) is 0 Å². The van der Waals surface area contributed by atoms with Crippen LogP contribution in [-0.2, 0) is 11.4 Å². The average Bonchev–Trinajstić information content (AvgIpc) is 2.83. The summed E-state index contributed by atoms with van der Waals surface area (Å²) in [4.78, 5) is 13.5. The maximum absolute atomic E-state index is 11.3. The van der Waals surface area contributed by atoms with Crippen molar-refractivity contribution in [1.29, 1.82) is 5.26 Å². The maximum Gasteiger partial charge on any atom is 0.307 e. The first kappa shape index (κ1) is 29.0. The van der Waals surface area contributed by atoms with Crippen LogP contribution in [0.4, 0.5) is 0 Å². The Morgan fingerprint density at radius 3 is 2.81 bits per heavy atom. The van der Waals surface area contributed by atoms with Gasteiger partial charge in [0.2, 0.25) is 0 Å². The van der Waals surface area contributed by atoms with Crippen molar-refractivity contribution in [1.82, 2.24) is 4.90 Å². The van der Waals surface area contributed by atoms with E-state index in [1.165, 1.54) is 0 Å². The van der Waals surface area contributed by atoms with E-state index in [4.69, 9.17) is 14.2 Å². The lowest BCUT2D eigenvalue weighted by molar-refractivity contribution is -0.143. The molecule has 0 radical (unpaired) electrons. The van der Waals surface area contributed by atoms with Crippen molar-refractivity contribution < 1.29 is 24.1 Å². The molecule has 0 unspecified atom stereocenters. The van der Waals surface area contributed by atoms with Crippen molar-refractivity contribution in [2.24, 2.45) is 5.92 Å². The molecule has 0 bridgehead atoms. The Bertz CT molecular complexity index is 1130. The molecule has 1 N–H and O–H groups in total. The molecule has 2 heterocycles. The van der Waals surface area contributed by atoms with Gasteiger partial charge >= 0.3 is 5.97 Å². The van der Waals surface area contributed by atoms with E-state index in [1.54, 1.807) is 12.1 Å². The third kappa shape index (κ3) is 7.39. The van der Waals surface area contributed by atoms with Crippen LogP contribution in [0.5, 0.6) is 17.2 Å². The highest BCUT2D eigenvalue weighted by Crippen LogP contribution is 2.32. The third-order valence-corrected chi connectivity index (χ3v) is 5.97. The minimum atomic E-state index is -0.708. The van der Waals surface area contributed by atoms with E-state index >= 15 is 0 Å². The highest BCUT2D eigenvalue weighted by molar-refractivity contribution is 5.85. The first-order valence-corrected chi connectivity index (χ1v) is 11.6. The van der Waals surface area contributed by atoms with Crippen molar-refractivity contribution in [3.8, 4) is 23.3 Å². The standard InChI is InChI=1S/C27H30N2O5.CH4.ClH/c1-18(2)34-25-8-5-19(10-23(25)13-28)16-32-24-7-6-21-11-20(17-33-26(21)12-24)14-29-9-3-4-22(15-29)27(30)31;;/h5-8,10-12,18,22H,3-4,9,14-17H2,1-2H3,(H,30,31);1H4;1H/t22-;;/m1../s1. The molecule has 1 atom stereocenters. The molecule has 0 spiro atoms. The number of carboxylic acid groups (broad SMARTS) is 1. The molecular weight excluding hydrogens is 480 g/mol. The van der Waals surface area contributed by atoms with Crippen molar-refractivity contribution in [2.45, 2.75) is 46.8 Å². The fraction of sp³-hybridized carbons (Fsp3) is 0.429. The molecule has 0 saturated carbocycles. The van der Waals surface area contributed by atoms with Crippen LogP contribution in [0.2, 0.25) is 0 Å². The lowest BCUT2D eigenvalue weighted by atomic mass is 9.97. The summed E-state index contributed by atoms with van der Waals surface area (Å²) >= 11 is 0. The van der Waals surface area contributed by atoms with E-state index < -0.39 is 5.97 Å². The molecule has 36 heavy (non-hydrogen) atoms. The lowest BCUT2D eigenvalue weighted by Gasteiger charge is -2.32. The van der Waals surface area contributed by atoms with E-state index in [1.807, 2.05) is 38.1 Å². The Balaban J connectivity index is 0.00000228. The van der Waals surface area contributed by atoms with E-state index in [9.17, 15) is 15.2 Å². The number of piperidine rings is 1. The zero-order valence-corrected chi connectivity index (χ0v) is 20.8. The van der Waals surface area contributed by atoms with Crippen LogP contribution >= 0.6 is 12.4 Å². The number of aliphatic carboxylic acids is 1. The number of halogens is 1. The molecule has 194 valence electrons. The van der Waals surface area contributed by atoms with Gasteiger partial charge in [-0.3, -0.25) is 9.69 Å². The van der Waals surface area contributed by atoms with Gasteiger partial charge in [-0.2, -0.15) is 5.26 Å². The minimum absolute atomic E-state index is 0. The Labute approximate surface area is 219 Å². The molecule has 2 aromatic rings. The second-order valence-electron chi connectivity index (χ2n) is 9.10. The predicted molar refractivity (Wildman–Crippen MR) is 142 cm³/mol. The van der Waals surface area contributed by atoms with Crippen molar-refractivity contribution >= 4 is 24.5 Å². The molecule has 7 nitrogen and oxygen atoms in total. The van der Waals surface area contributed by atoms with E-state index in [0.717, 1.165) is 48.4 Å². The number of nitrogens with zero attached hydrogens (tertiary/aromatic N) is 2. The molecule has 8 heteroatoms. The summed E-state index contributed by atoms with van der Waals surface area (Å²) in [6.45, 7) is 6.89. The summed E-state index contributed by atoms with van der Waals surface area (Å²) in [5.41, 5.74) is 3.50. The fourth-order valence-electron chi connectivity index (χ4n) is 4.34. The van der Waals surface area contributed by atoms with Gasteiger partial charge < -0.3 is 19.3 Å². The molecule has 2 aromatic carbocycles. The van der Waals surface area contributed by atoms with Crippen LogP contribution in [-0.4, -0.2) is 48.3 Å². The maximum atomic E-state index is 11.3. The van der Waals surface area contributed by atoms with Crippen LogP contribution in [0.1, 0.15) is 50.8 Å². The number of likely N-dealkylation sites (tertiary alicyclic amines) is 1. The molecule has 4 rings (SSSR count). The number of fused-ring (bicyclic) bond motifs is 1. The number of carboxylic acids is 1. The first-order chi connectivity index (χ1) is 16.4. The SMILES string of the molecule is C.CC(C)Oc1ccc(COc2ccc3c(c2)OCC(CN2CCC[C@@H](C(=O)O)C2)=C3)cc1C#N.Cl. The van der Waals surface area contributed by atoms with E-state index in [2.05, 4.69) is 17.0 Å². The highest BCUT2D eigenvalue weighted by Gasteiger charge is 2.26. The summed E-state index contributed by atoms with van der Waals surface area (Å²) in [5.74, 6) is 1.04. The quantitative estimate of drug-likeness (QED) is 0.493. The Morgan fingerprint density at radius 1 is 1.28 bits per heavy atom. The van der Waals surface area contributed by atoms with Gasteiger partial charge in [-0.25, -0.2) is 0 Å². The third-order valence-electron chi connectivity index (χ3n) is 5.97. The van der Waals surface area contributed by atoms with Crippen LogP contribution in [0, 0.1) is 17.2 Å². The van der Waals surface area contributed by atoms with Crippen molar-refractivity contribution in [2.75, 3.05) is 26.2 Å². The predicted octanol–water partition coefficient (Wildman–Crippen LogP) is 5.55. The zero-order valence-electron chi connectivity index (χ0n) is 20.0. The van der Waals surface area contributed by atoms with Gasteiger partial charge in [-0.05, 0) is 74.7 Å². The molecule has 0 aliphatic carbocycles. The number of carbonyl (C=O) groups is 1. The first-order valence-electron chi connectivity index (χ1n) is 11.6. The van der Waals surface area contributed by atoms with Gasteiger partial charge in [0.05, 0.1) is 17.6 Å². The summed E-state index contributed by atoms with van der Waals surface area (Å²) in [6, 6.07) is 13.4. The molecule has 0 amide bonds. The highest BCUT2D eigenvalue weighted by atomic mass is 35.5. The Hall–Kier alpha value is -3.21. The van der Waals surface area contributed by atoms with Gasteiger partial charge in [-0.15, -0.1) is 12.4 Å². The summed E-state index contributed by atoms with van der Waals surface area (Å²) in [5, 5.41) is 18.7. The summed E-state index contributed by atoms with van der Waals surface area (Å²) in [6.07, 6.45) is 3.78. The van der Waals surface area contributed by atoms with E-state index in [0.29, 0.717) is 36.8 Å². The van der Waals surface area contributed by atoms with Gasteiger partial charge in [0, 0.05) is 24.7 Å². The number of hydrogen-bond acceptors (Lipinski definition) is 6. The monoisotopic (exact) mass is 514 g/mol. The normalized spacial score (nSPS) is 16.8. The van der Waals surface area contributed by atoms with Crippen LogP contribution in [0.25, 0.3) is 6.08 Å². The Kier molecular flexibility index (Phi) is 10.6. The fourth-order valence-corrected chi connectivity index (χ4v) is 4.34. The topological polar surface area (TPSA) is 92.0 Å². The molecule has 2 aliphatic rings. The van der Waals surface area contributed by atoms with Crippen LogP contribution in [0.15, 0.2) is 42.0 Å². The van der Waals surface area contributed by atoms with Crippen molar-refractivity contribution in [3.05, 3.63) is 58.7 Å². The number of nitriles is 1. The minimum Gasteiger partial charge on any atom is -0.490 e. The number of benzene rings is 2. The smallest absolute Gasteiger partial charge is 0.307 e. The lowest BCUT2D eigenvalue weighted by Crippen LogP contribution is -2.40. The summed E-state index contributed by atoms with van der Waals surface area (Å²) < 4.78 is 17.6. The van der Waals surface area contributed by atoms with Crippen molar-refractivity contribution in [3.63, 3.8) is 0 Å². The van der Waals surface area contributed by atoms with Crippen LogP contribution < -0.4 is 14.2 Å². The molecule has 0 aromatic heterocycles. The van der Waals surface area contributed by atoms with Gasteiger partial charge in [0.1, 0.15) is 36.5 Å². The molecule has 1 saturated heterocycles. The molecule has 2 aliphatic heterocycles. The van der Waals surface area contributed by atoms with Gasteiger partial charge in [0.15, 0.2) is 0 Å². The second-order valence-corrected chi connectivity index (χ2v) is 9.10.